The molecule has 0 radical (unpaired) electrons. The topological polar surface area (TPSA) is 29.9 Å². The van der Waals surface area contributed by atoms with Gasteiger partial charge in [0.1, 0.15) is 5.82 Å². The smallest absolute Gasteiger partial charge is 0.128 e. The van der Waals surface area contributed by atoms with E-state index < -0.39 is 0 Å². The fraction of sp³-hybridized carbons (Fsp3) is 0.471. The van der Waals surface area contributed by atoms with Gasteiger partial charge < -0.3 is 5.32 Å². The molecule has 0 amide bonds. The maximum atomic E-state index is 14.2. The summed E-state index contributed by atoms with van der Waals surface area (Å²) in [4.78, 5) is 0. The predicted octanol–water partition coefficient (Wildman–Crippen LogP) is 4.08. The molecule has 0 saturated carbocycles. The lowest BCUT2D eigenvalue weighted by atomic mass is 10.0. The number of aromatic nitrogens is 2. The third-order valence-corrected chi connectivity index (χ3v) is 3.51. The van der Waals surface area contributed by atoms with Crippen molar-refractivity contribution in [2.75, 3.05) is 0 Å². The van der Waals surface area contributed by atoms with Gasteiger partial charge in [0.15, 0.2) is 0 Å². The van der Waals surface area contributed by atoms with E-state index in [1.807, 2.05) is 29.9 Å². The number of aryl methyl sites for hydroxylation is 1. The average molecular weight is 289 g/mol. The van der Waals surface area contributed by atoms with Crippen LogP contribution in [0.5, 0.6) is 0 Å². The van der Waals surface area contributed by atoms with Gasteiger partial charge in [0.2, 0.25) is 0 Å². The lowest BCUT2D eigenvalue weighted by molar-refractivity contribution is 0.529. The van der Waals surface area contributed by atoms with Gasteiger partial charge in [-0.05, 0) is 32.4 Å². The van der Waals surface area contributed by atoms with Gasteiger partial charge in [0.25, 0.3) is 0 Å². The van der Waals surface area contributed by atoms with E-state index in [9.17, 15) is 4.39 Å². The fourth-order valence-electron chi connectivity index (χ4n) is 2.20. The zero-order valence-electron chi connectivity index (χ0n) is 13.4. The maximum absolute atomic E-state index is 14.2. The van der Waals surface area contributed by atoms with Crippen LogP contribution < -0.4 is 5.32 Å². The van der Waals surface area contributed by atoms with Crippen molar-refractivity contribution in [3.05, 3.63) is 41.5 Å². The molecule has 0 fully saturated rings. The number of benzene rings is 1. The van der Waals surface area contributed by atoms with E-state index in [0.29, 0.717) is 24.2 Å². The van der Waals surface area contributed by atoms with Gasteiger partial charge in [0, 0.05) is 36.0 Å². The van der Waals surface area contributed by atoms with Gasteiger partial charge in [-0.2, -0.15) is 5.10 Å². The molecule has 1 aromatic heterocycles. The summed E-state index contributed by atoms with van der Waals surface area (Å²) >= 11 is 0. The summed E-state index contributed by atoms with van der Waals surface area (Å²) in [5.41, 5.74) is 3.49. The standard InChI is InChI=1S/C17H24FN3/c1-11(2)19-9-15-7-6-14(8-17(15)18)16-10-21(12(3)4)20-13(16)5/h6-8,10-12,19H,9H2,1-5H3. The largest absolute Gasteiger partial charge is 0.310 e. The molecular weight excluding hydrogens is 265 g/mol. The van der Waals surface area contributed by atoms with Crippen LogP contribution in [0.1, 0.15) is 45.0 Å². The summed E-state index contributed by atoms with van der Waals surface area (Å²) in [6, 6.07) is 6.07. The summed E-state index contributed by atoms with van der Waals surface area (Å²) in [5, 5.41) is 7.72. The van der Waals surface area contributed by atoms with E-state index in [1.165, 1.54) is 0 Å². The van der Waals surface area contributed by atoms with Crippen molar-refractivity contribution >= 4 is 0 Å². The molecule has 0 spiro atoms. The third kappa shape index (κ3) is 3.70. The first kappa shape index (κ1) is 15.7. The summed E-state index contributed by atoms with van der Waals surface area (Å²) in [6.07, 6.45) is 1.99. The molecular formula is C17H24FN3. The van der Waals surface area contributed by atoms with Gasteiger partial charge in [-0.1, -0.05) is 26.0 Å². The van der Waals surface area contributed by atoms with Crippen LogP contribution in [-0.4, -0.2) is 15.8 Å². The van der Waals surface area contributed by atoms with Gasteiger partial charge >= 0.3 is 0 Å². The molecule has 1 heterocycles. The monoisotopic (exact) mass is 289 g/mol. The summed E-state index contributed by atoms with van der Waals surface area (Å²) in [5.74, 6) is -0.169. The van der Waals surface area contributed by atoms with Crippen LogP contribution >= 0.6 is 0 Å². The van der Waals surface area contributed by atoms with Crippen molar-refractivity contribution in [2.45, 2.75) is 53.2 Å². The molecule has 0 unspecified atom stereocenters. The van der Waals surface area contributed by atoms with Crippen molar-refractivity contribution in [2.24, 2.45) is 0 Å². The van der Waals surface area contributed by atoms with Crippen molar-refractivity contribution in [1.29, 1.82) is 0 Å². The molecule has 0 aliphatic rings. The van der Waals surface area contributed by atoms with Crippen LogP contribution in [0.2, 0.25) is 0 Å². The molecule has 2 aromatic rings. The number of hydrogen-bond acceptors (Lipinski definition) is 2. The summed E-state index contributed by atoms with van der Waals surface area (Å²) in [6.45, 7) is 10.8. The number of nitrogens with zero attached hydrogens (tertiary/aromatic N) is 2. The lowest BCUT2D eigenvalue weighted by Gasteiger charge is -2.10. The molecule has 1 N–H and O–H groups in total. The Bertz CT molecular complexity index is 614. The van der Waals surface area contributed by atoms with E-state index in [4.69, 9.17) is 0 Å². The van der Waals surface area contributed by atoms with Gasteiger partial charge in [0.05, 0.1) is 5.69 Å². The molecule has 0 saturated heterocycles. The van der Waals surface area contributed by atoms with Crippen LogP contribution in [0.4, 0.5) is 4.39 Å². The van der Waals surface area contributed by atoms with Gasteiger partial charge in [-0.15, -0.1) is 0 Å². The van der Waals surface area contributed by atoms with Crippen LogP contribution in [0.25, 0.3) is 11.1 Å². The molecule has 21 heavy (non-hydrogen) atoms. The highest BCUT2D eigenvalue weighted by Gasteiger charge is 2.11. The van der Waals surface area contributed by atoms with E-state index >= 15 is 0 Å². The molecule has 0 bridgehead atoms. The molecule has 0 atom stereocenters. The second-order valence-corrected chi connectivity index (χ2v) is 6.04. The van der Waals surface area contributed by atoms with Crippen molar-refractivity contribution in [1.82, 2.24) is 15.1 Å². The Labute approximate surface area is 126 Å². The zero-order chi connectivity index (χ0) is 15.6. The van der Waals surface area contributed by atoms with Crippen molar-refractivity contribution in [3.8, 4) is 11.1 Å². The first-order valence-electron chi connectivity index (χ1n) is 7.46. The Morgan fingerprint density at radius 2 is 1.95 bits per heavy atom. The fourth-order valence-corrected chi connectivity index (χ4v) is 2.20. The molecule has 4 heteroatoms. The van der Waals surface area contributed by atoms with Gasteiger partial charge in [-0.25, -0.2) is 4.39 Å². The van der Waals surface area contributed by atoms with Crippen LogP contribution in [0, 0.1) is 12.7 Å². The minimum atomic E-state index is -0.169. The average Bonchev–Trinajstić information content (AvgIpc) is 2.79. The molecule has 2 rings (SSSR count). The number of halogens is 1. The van der Waals surface area contributed by atoms with Crippen LogP contribution in [-0.2, 0) is 6.54 Å². The Kier molecular flexibility index (Phi) is 4.78. The summed E-state index contributed by atoms with van der Waals surface area (Å²) < 4.78 is 16.1. The molecule has 0 aliphatic carbocycles. The zero-order valence-corrected chi connectivity index (χ0v) is 13.4. The predicted molar refractivity (Wildman–Crippen MR) is 84.7 cm³/mol. The maximum Gasteiger partial charge on any atom is 0.128 e. The van der Waals surface area contributed by atoms with E-state index in [2.05, 4.69) is 38.1 Å². The van der Waals surface area contributed by atoms with Crippen molar-refractivity contribution in [3.63, 3.8) is 0 Å². The molecule has 114 valence electrons. The first-order chi connectivity index (χ1) is 9.88. The lowest BCUT2D eigenvalue weighted by Crippen LogP contribution is -2.22. The molecule has 3 nitrogen and oxygen atoms in total. The quantitative estimate of drug-likeness (QED) is 0.899. The van der Waals surface area contributed by atoms with E-state index in [-0.39, 0.29) is 5.82 Å². The SMILES string of the molecule is Cc1nn(C(C)C)cc1-c1ccc(CNC(C)C)c(F)c1. The minimum Gasteiger partial charge on any atom is -0.310 e. The number of rotatable bonds is 5. The first-order valence-corrected chi connectivity index (χ1v) is 7.46. The van der Waals surface area contributed by atoms with Crippen LogP contribution in [0.15, 0.2) is 24.4 Å². The van der Waals surface area contributed by atoms with Gasteiger partial charge in [-0.3, -0.25) is 4.68 Å². The molecule has 0 aliphatic heterocycles. The Balaban J connectivity index is 2.27. The Morgan fingerprint density at radius 3 is 2.48 bits per heavy atom. The third-order valence-electron chi connectivity index (χ3n) is 3.51. The second kappa shape index (κ2) is 6.39. The molecule has 1 aromatic carbocycles. The normalized spacial score (nSPS) is 11.6. The van der Waals surface area contributed by atoms with Crippen molar-refractivity contribution < 1.29 is 4.39 Å². The highest BCUT2D eigenvalue weighted by Crippen LogP contribution is 2.25. The number of hydrogen-bond donors (Lipinski definition) is 1. The minimum absolute atomic E-state index is 0.169. The van der Waals surface area contributed by atoms with Crippen LogP contribution in [0.3, 0.4) is 0 Å². The highest BCUT2D eigenvalue weighted by molar-refractivity contribution is 5.65. The second-order valence-electron chi connectivity index (χ2n) is 6.04. The van der Waals surface area contributed by atoms with E-state index in [1.54, 1.807) is 6.07 Å². The Hall–Kier alpha value is -1.68. The Morgan fingerprint density at radius 1 is 1.24 bits per heavy atom. The number of nitrogens with one attached hydrogen (secondary N) is 1. The summed E-state index contributed by atoms with van der Waals surface area (Å²) in [7, 11) is 0. The highest BCUT2D eigenvalue weighted by atomic mass is 19.1. The van der Waals surface area contributed by atoms with E-state index in [0.717, 1.165) is 16.8 Å².